The van der Waals surface area contributed by atoms with Gasteiger partial charge in [0.15, 0.2) is 5.82 Å². The lowest BCUT2D eigenvalue weighted by molar-refractivity contribution is 0.190. The molecule has 0 amide bonds. The molecule has 1 atom stereocenters. The van der Waals surface area contributed by atoms with Gasteiger partial charge in [-0.1, -0.05) is 24.3 Å². The molecule has 1 aliphatic heterocycles. The van der Waals surface area contributed by atoms with Gasteiger partial charge in [0, 0.05) is 42.9 Å². The molecule has 2 aromatic carbocycles. The van der Waals surface area contributed by atoms with Gasteiger partial charge in [-0.05, 0) is 92.2 Å². The number of aromatic nitrogens is 5. The summed E-state index contributed by atoms with van der Waals surface area (Å²) in [4.78, 5) is 21.4. The number of H-pyrrole nitrogens is 1. The fraction of sp³-hybridized carbons (Fsp3) is 0.429. The number of benzene rings is 2. The molecule has 1 fully saturated rings. The Labute approximate surface area is 211 Å². The van der Waals surface area contributed by atoms with Gasteiger partial charge in [-0.2, -0.15) is 0 Å². The molecule has 4 aromatic rings. The first kappa shape index (κ1) is 24.2. The first-order chi connectivity index (χ1) is 17.1. The third-order valence-electron chi connectivity index (χ3n) is 7.29. The van der Waals surface area contributed by atoms with E-state index in [-0.39, 0.29) is 17.1 Å². The third kappa shape index (κ3) is 4.41. The predicted molar refractivity (Wildman–Crippen MR) is 144 cm³/mol. The molecule has 0 saturated carbocycles. The van der Waals surface area contributed by atoms with Crippen LogP contribution in [0.5, 0.6) is 0 Å². The Balaban J connectivity index is 1.56. The van der Waals surface area contributed by atoms with Gasteiger partial charge in [0.25, 0.3) is 5.56 Å². The molecule has 1 saturated heterocycles. The molecule has 0 spiro atoms. The molecule has 2 aromatic heterocycles. The first-order valence-electron chi connectivity index (χ1n) is 12.6. The number of nitrogens with zero attached hydrogens (tertiary/aromatic N) is 6. The van der Waals surface area contributed by atoms with Crippen LogP contribution in [0.1, 0.15) is 54.9 Å². The van der Waals surface area contributed by atoms with Crippen molar-refractivity contribution < 1.29 is 0 Å². The van der Waals surface area contributed by atoms with Crippen molar-refractivity contribution in [2.24, 2.45) is 0 Å². The Morgan fingerprint density at radius 2 is 1.72 bits per heavy atom. The fourth-order valence-corrected chi connectivity index (χ4v) is 5.18. The summed E-state index contributed by atoms with van der Waals surface area (Å²) in [6.45, 7) is 15.9. The average Bonchev–Trinajstić information content (AvgIpc) is 3.32. The smallest absolute Gasteiger partial charge is 0.253 e. The van der Waals surface area contributed by atoms with E-state index in [1.165, 1.54) is 16.8 Å². The van der Waals surface area contributed by atoms with Crippen molar-refractivity contribution in [3.63, 3.8) is 0 Å². The maximum Gasteiger partial charge on any atom is 0.253 e. The minimum Gasteiger partial charge on any atom is -0.369 e. The van der Waals surface area contributed by atoms with Gasteiger partial charge in [-0.15, -0.1) is 5.10 Å². The number of rotatable bonds is 4. The molecule has 0 aliphatic carbocycles. The maximum absolute atomic E-state index is 13.5. The van der Waals surface area contributed by atoms with Crippen LogP contribution in [0.15, 0.2) is 47.3 Å². The van der Waals surface area contributed by atoms with Crippen molar-refractivity contribution in [3.8, 4) is 0 Å². The molecule has 5 rings (SSSR count). The SMILES string of the molecule is Cc1ccc2cc([C@@H](c3nnnn3C(C)(C)C)N3CCN(c4cccc(C)c4C)CC3)c(=O)[nH]c2c1. The number of pyridine rings is 1. The highest BCUT2D eigenvalue weighted by Crippen LogP contribution is 2.32. The summed E-state index contributed by atoms with van der Waals surface area (Å²) in [7, 11) is 0. The number of fused-ring (bicyclic) bond motifs is 1. The Morgan fingerprint density at radius 1 is 0.972 bits per heavy atom. The van der Waals surface area contributed by atoms with Crippen LogP contribution >= 0.6 is 0 Å². The van der Waals surface area contributed by atoms with E-state index in [0.717, 1.165) is 42.6 Å². The highest BCUT2D eigenvalue weighted by atomic mass is 16.1. The highest BCUT2D eigenvalue weighted by molar-refractivity contribution is 5.79. The van der Waals surface area contributed by atoms with Gasteiger partial charge in [-0.3, -0.25) is 9.69 Å². The molecule has 0 bridgehead atoms. The summed E-state index contributed by atoms with van der Waals surface area (Å²) in [5, 5.41) is 13.8. The number of anilines is 1. The number of hydrogen-bond donors (Lipinski definition) is 1. The van der Waals surface area contributed by atoms with Crippen molar-refractivity contribution in [1.29, 1.82) is 0 Å². The Bertz CT molecular complexity index is 1460. The molecule has 1 aliphatic rings. The lowest BCUT2D eigenvalue weighted by Crippen LogP contribution is -2.49. The summed E-state index contributed by atoms with van der Waals surface area (Å²) < 4.78 is 1.85. The van der Waals surface area contributed by atoms with Gasteiger partial charge in [0.05, 0.1) is 5.54 Å². The van der Waals surface area contributed by atoms with Crippen LogP contribution < -0.4 is 10.5 Å². The standard InChI is InChI=1S/C28H35N7O/c1-18-10-11-21-17-22(27(36)29-23(21)16-18)25(26-30-31-32-35(26)28(4,5)6)34-14-12-33(13-15-34)24-9-7-8-19(2)20(24)3/h7-11,16-17,25H,12-15H2,1-6H3,(H,29,36)/t25-/m0/s1. The normalized spacial score (nSPS) is 16.0. The van der Waals surface area contributed by atoms with Gasteiger partial charge < -0.3 is 9.88 Å². The van der Waals surface area contributed by atoms with Gasteiger partial charge in [0.1, 0.15) is 6.04 Å². The second-order valence-electron chi connectivity index (χ2n) is 10.9. The van der Waals surface area contributed by atoms with E-state index in [0.29, 0.717) is 11.4 Å². The lowest BCUT2D eigenvalue weighted by atomic mass is 10.00. The summed E-state index contributed by atoms with van der Waals surface area (Å²) >= 11 is 0. The summed E-state index contributed by atoms with van der Waals surface area (Å²) in [6.07, 6.45) is 0. The molecule has 8 nitrogen and oxygen atoms in total. The van der Waals surface area contributed by atoms with Gasteiger partial charge in [-0.25, -0.2) is 4.68 Å². The minimum atomic E-state index is -0.352. The Hall–Kier alpha value is -3.52. The fourth-order valence-electron chi connectivity index (χ4n) is 5.18. The quantitative estimate of drug-likeness (QED) is 0.469. The van der Waals surface area contributed by atoms with E-state index in [1.54, 1.807) is 0 Å². The summed E-state index contributed by atoms with van der Waals surface area (Å²) in [5.74, 6) is 0.694. The van der Waals surface area contributed by atoms with Crippen LogP contribution in [-0.2, 0) is 5.54 Å². The molecular formula is C28H35N7O. The van der Waals surface area contributed by atoms with E-state index in [4.69, 9.17) is 0 Å². The molecular weight excluding hydrogens is 450 g/mol. The molecule has 0 radical (unpaired) electrons. The van der Waals surface area contributed by atoms with Crippen LogP contribution in [0.4, 0.5) is 5.69 Å². The van der Waals surface area contributed by atoms with E-state index < -0.39 is 0 Å². The number of hydrogen-bond acceptors (Lipinski definition) is 6. The second-order valence-corrected chi connectivity index (χ2v) is 10.9. The lowest BCUT2D eigenvalue weighted by Gasteiger charge is -2.40. The zero-order chi connectivity index (χ0) is 25.6. The average molecular weight is 486 g/mol. The largest absolute Gasteiger partial charge is 0.369 e. The van der Waals surface area contributed by atoms with Crippen LogP contribution in [0.3, 0.4) is 0 Å². The number of piperazine rings is 1. The first-order valence-corrected chi connectivity index (χ1v) is 12.6. The van der Waals surface area contributed by atoms with E-state index in [2.05, 4.69) is 95.3 Å². The molecule has 3 heterocycles. The van der Waals surface area contributed by atoms with Crippen molar-refractivity contribution in [1.82, 2.24) is 30.1 Å². The second kappa shape index (κ2) is 9.17. The van der Waals surface area contributed by atoms with Gasteiger partial charge in [0.2, 0.25) is 0 Å². The minimum absolute atomic E-state index is 0.0986. The maximum atomic E-state index is 13.5. The van der Waals surface area contributed by atoms with E-state index in [9.17, 15) is 4.79 Å². The summed E-state index contributed by atoms with van der Waals surface area (Å²) in [6, 6.07) is 14.3. The number of aryl methyl sites for hydroxylation is 2. The Kier molecular flexibility index (Phi) is 6.16. The van der Waals surface area contributed by atoms with Crippen LogP contribution in [0, 0.1) is 20.8 Å². The number of aromatic amines is 1. The number of tetrazole rings is 1. The van der Waals surface area contributed by atoms with E-state index in [1.807, 2.05) is 23.7 Å². The Morgan fingerprint density at radius 3 is 2.44 bits per heavy atom. The van der Waals surface area contributed by atoms with Crippen molar-refractivity contribution in [3.05, 3.63) is 80.9 Å². The number of nitrogens with one attached hydrogen (secondary N) is 1. The topological polar surface area (TPSA) is 82.9 Å². The monoisotopic (exact) mass is 485 g/mol. The van der Waals surface area contributed by atoms with Crippen molar-refractivity contribution >= 4 is 16.6 Å². The van der Waals surface area contributed by atoms with Crippen molar-refractivity contribution in [2.75, 3.05) is 31.1 Å². The molecule has 36 heavy (non-hydrogen) atoms. The predicted octanol–water partition coefficient (Wildman–Crippen LogP) is 4.11. The van der Waals surface area contributed by atoms with Gasteiger partial charge >= 0.3 is 0 Å². The zero-order valence-electron chi connectivity index (χ0n) is 22.0. The molecule has 8 heteroatoms. The van der Waals surface area contributed by atoms with Crippen LogP contribution in [-0.4, -0.2) is 56.3 Å². The highest BCUT2D eigenvalue weighted by Gasteiger charge is 2.35. The van der Waals surface area contributed by atoms with E-state index >= 15 is 0 Å². The van der Waals surface area contributed by atoms with Crippen LogP contribution in [0.25, 0.3) is 10.9 Å². The summed E-state index contributed by atoms with van der Waals surface area (Å²) in [5.41, 5.74) is 6.11. The third-order valence-corrected chi connectivity index (χ3v) is 7.29. The van der Waals surface area contributed by atoms with Crippen LogP contribution in [0.2, 0.25) is 0 Å². The molecule has 0 unspecified atom stereocenters. The molecule has 188 valence electrons. The molecule has 1 N–H and O–H groups in total. The zero-order valence-corrected chi connectivity index (χ0v) is 22.0. The van der Waals surface area contributed by atoms with Crippen molar-refractivity contribution in [2.45, 2.75) is 53.1 Å².